The summed E-state index contributed by atoms with van der Waals surface area (Å²) in [4.78, 5) is 4.10. The minimum atomic E-state index is -1.09. The number of aliphatic hydroxyl groups is 2. The standard InChI is InChI=1S/C13H17N3O2/c1-12(2,17)8-6-10-14-11(16(5)15-10)7-9-13(3,4)18/h17-18H,1-5H3. The van der Waals surface area contributed by atoms with Crippen molar-refractivity contribution in [3.05, 3.63) is 11.6 Å². The van der Waals surface area contributed by atoms with Gasteiger partial charge in [0.25, 0.3) is 0 Å². The summed E-state index contributed by atoms with van der Waals surface area (Å²) in [5.74, 6) is 11.4. The second-order valence-electron chi connectivity index (χ2n) is 5.00. The molecule has 1 rings (SSSR count). The van der Waals surface area contributed by atoms with Crippen LogP contribution in [0.4, 0.5) is 0 Å². The van der Waals surface area contributed by atoms with Crippen LogP contribution in [-0.4, -0.2) is 36.2 Å². The van der Waals surface area contributed by atoms with Gasteiger partial charge in [0.05, 0.1) is 0 Å². The van der Waals surface area contributed by atoms with Crippen molar-refractivity contribution in [2.24, 2.45) is 7.05 Å². The average molecular weight is 247 g/mol. The molecule has 1 aromatic rings. The number of hydrogen-bond acceptors (Lipinski definition) is 4. The molecule has 0 atom stereocenters. The first-order chi connectivity index (χ1) is 8.07. The Labute approximate surface area is 107 Å². The lowest BCUT2D eigenvalue weighted by atomic mass is 10.1. The van der Waals surface area contributed by atoms with E-state index < -0.39 is 11.2 Å². The van der Waals surface area contributed by atoms with Crippen molar-refractivity contribution in [1.29, 1.82) is 0 Å². The van der Waals surface area contributed by atoms with Crippen molar-refractivity contribution in [3.63, 3.8) is 0 Å². The minimum absolute atomic E-state index is 0.291. The summed E-state index contributed by atoms with van der Waals surface area (Å²) in [6.45, 7) is 6.34. The maximum absolute atomic E-state index is 9.49. The third-order valence-corrected chi connectivity index (χ3v) is 1.72. The topological polar surface area (TPSA) is 71.2 Å². The fourth-order valence-electron chi connectivity index (χ4n) is 0.964. The highest BCUT2D eigenvalue weighted by molar-refractivity contribution is 5.30. The first kappa shape index (κ1) is 14.2. The highest BCUT2D eigenvalue weighted by atomic mass is 16.3. The van der Waals surface area contributed by atoms with Gasteiger partial charge in [-0.25, -0.2) is 4.68 Å². The predicted molar refractivity (Wildman–Crippen MR) is 67.4 cm³/mol. The van der Waals surface area contributed by atoms with Crippen LogP contribution in [0.3, 0.4) is 0 Å². The molecule has 96 valence electrons. The molecule has 5 heteroatoms. The molecule has 0 saturated carbocycles. The van der Waals surface area contributed by atoms with Crippen molar-refractivity contribution in [2.45, 2.75) is 38.9 Å². The largest absolute Gasteiger partial charge is 0.378 e. The molecule has 0 spiro atoms. The van der Waals surface area contributed by atoms with E-state index in [1.165, 1.54) is 4.68 Å². The van der Waals surface area contributed by atoms with Gasteiger partial charge in [0, 0.05) is 7.05 Å². The monoisotopic (exact) mass is 247 g/mol. The van der Waals surface area contributed by atoms with Crippen LogP contribution in [0.2, 0.25) is 0 Å². The van der Waals surface area contributed by atoms with Gasteiger partial charge in [-0.2, -0.15) is 4.98 Å². The van der Waals surface area contributed by atoms with E-state index in [0.29, 0.717) is 11.6 Å². The molecule has 0 aliphatic carbocycles. The molecule has 18 heavy (non-hydrogen) atoms. The summed E-state index contributed by atoms with van der Waals surface area (Å²) >= 11 is 0. The minimum Gasteiger partial charge on any atom is -0.378 e. The molecule has 0 radical (unpaired) electrons. The van der Waals surface area contributed by atoms with Crippen LogP contribution >= 0.6 is 0 Å². The third kappa shape index (κ3) is 5.01. The summed E-state index contributed by atoms with van der Waals surface area (Å²) in [5, 5.41) is 23.0. The Bertz CT molecular complexity index is 552. The maximum atomic E-state index is 9.49. The van der Waals surface area contributed by atoms with Gasteiger partial charge in [0.15, 0.2) is 0 Å². The van der Waals surface area contributed by atoms with Gasteiger partial charge in [0.1, 0.15) is 11.2 Å². The molecule has 2 N–H and O–H groups in total. The Morgan fingerprint density at radius 3 is 2.00 bits per heavy atom. The number of aromatic nitrogens is 3. The molecule has 0 aliphatic rings. The van der Waals surface area contributed by atoms with E-state index in [4.69, 9.17) is 0 Å². The molecule has 0 bridgehead atoms. The van der Waals surface area contributed by atoms with Crippen LogP contribution in [0.1, 0.15) is 39.3 Å². The first-order valence-electron chi connectivity index (χ1n) is 5.49. The zero-order valence-corrected chi connectivity index (χ0v) is 11.2. The summed E-state index contributed by atoms with van der Waals surface area (Å²) in [6.07, 6.45) is 0. The normalized spacial score (nSPS) is 11.3. The van der Waals surface area contributed by atoms with Crippen LogP contribution < -0.4 is 0 Å². The lowest BCUT2D eigenvalue weighted by Crippen LogP contribution is -2.14. The van der Waals surface area contributed by atoms with Gasteiger partial charge < -0.3 is 10.2 Å². The van der Waals surface area contributed by atoms with E-state index in [1.807, 2.05) is 0 Å². The van der Waals surface area contributed by atoms with E-state index >= 15 is 0 Å². The Balaban J connectivity index is 3.01. The summed E-state index contributed by atoms with van der Waals surface area (Å²) in [6, 6.07) is 0. The molecule has 5 nitrogen and oxygen atoms in total. The van der Waals surface area contributed by atoms with Gasteiger partial charge >= 0.3 is 0 Å². The van der Waals surface area contributed by atoms with Crippen LogP contribution in [0.15, 0.2) is 0 Å². The highest BCUT2D eigenvalue weighted by Crippen LogP contribution is 2.01. The molecule has 0 aliphatic heterocycles. The Kier molecular flexibility index (Phi) is 3.81. The van der Waals surface area contributed by atoms with Crippen LogP contribution in [0.5, 0.6) is 0 Å². The Morgan fingerprint density at radius 2 is 1.50 bits per heavy atom. The first-order valence-corrected chi connectivity index (χ1v) is 5.49. The molecule has 0 aromatic carbocycles. The van der Waals surface area contributed by atoms with Gasteiger partial charge in [0.2, 0.25) is 11.6 Å². The van der Waals surface area contributed by atoms with Crippen molar-refractivity contribution in [3.8, 4) is 23.7 Å². The second-order valence-corrected chi connectivity index (χ2v) is 5.00. The van der Waals surface area contributed by atoms with Gasteiger partial charge in [-0.1, -0.05) is 11.8 Å². The highest BCUT2D eigenvalue weighted by Gasteiger charge is 2.09. The van der Waals surface area contributed by atoms with E-state index in [-0.39, 0.29) is 0 Å². The molecular formula is C13H17N3O2. The van der Waals surface area contributed by atoms with Gasteiger partial charge in [-0.3, -0.25) is 0 Å². The maximum Gasteiger partial charge on any atom is 0.226 e. The molecule has 0 unspecified atom stereocenters. The zero-order valence-electron chi connectivity index (χ0n) is 11.2. The van der Waals surface area contributed by atoms with E-state index in [9.17, 15) is 10.2 Å². The number of rotatable bonds is 0. The molecule has 0 saturated heterocycles. The van der Waals surface area contributed by atoms with Crippen LogP contribution in [0, 0.1) is 23.7 Å². The van der Waals surface area contributed by atoms with Gasteiger partial charge in [-0.05, 0) is 39.5 Å². The molecule has 1 heterocycles. The Hall–Kier alpha value is -1.82. The van der Waals surface area contributed by atoms with E-state index in [1.54, 1.807) is 34.7 Å². The molecule has 0 amide bonds. The summed E-state index contributed by atoms with van der Waals surface area (Å²) in [7, 11) is 1.69. The van der Waals surface area contributed by atoms with Crippen LogP contribution in [0.25, 0.3) is 0 Å². The average Bonchev–Trinajstić information content (AvgIpc) is 2.51. The SMILES string of the molecule is Cn1nc(C#CC(C)(C)O)nc1C#CC(C)(C)O. The number of aryl methyl sites for hydroxylation is 1. The van der Waals surface area contributed by atoms with Crippen LogP contribution in [-0.2, 0) is 7.05 Å². The molecule has 1 aromatic heterocycles. The number of hydrogen-bond donors (Lipinski definition) is 2. The predicted octanol–water partition coefficient (Wildman–Crippen LogP) is 0.0599. The quantitative estimate of drug-likeness (QED) is 0.636. The van der Waals surface area contributed by atoms with Gasteiger partial charge in [-0.15, -0.1) is 5.10 Å². The smallest absolute Gasteiger partial charge is 0.226 e. The lowest BCUT2D eigenvalue weighted by molar-refractivity contribution is 0.143. The summed E-state index contributed by atoms with van der Waals surface area (Å²) in [5.41, 5.74) is -2.16. The van der Waals surface area contributed by atoms with Crippen molar-refractivity contribution in [1.82, 2.24) is 14.8 Å². The molecular weight excluding hydrogens is 230 g/mol. The summed E-state index contributed by atoms with van der Waals surface area (Å²) < 4.78 is 1.48. The van der Waals surface area contributed by atoms with Crippen molar-refractivity contribution in [2.75, 3.05) is 0 Å². The Morgan fingerprint density at radius 1 is 1.00 bits per heavy atom. The van der Waals surface area contributed by atoms with E-state index in [2.05, 4.69) is 33.8 Å². The lowest BCUT2D eigenvalue weighted by Gasteiger charge is -2.05. The fraction of sp³-hybridized carbons (Fsp3) is 0.538. The molecule has 0 fully saturated rings. The van der Waals surface area contributed by atoms with E-state index in [0.717, 1.165) is 0 Å². The zero-order chi connectivity index (χ0) is 14.0. The van der Waals surface area contributed by atoms with Crippen molar-refractivity contribution >= 4 is 0 Å². The number of nitrogens with zero attached hydrogens (tertiary/aromatic N) is 3. The second kappa shape index (κ2) is 4.81. The third-order valence-electron chi connectivity index (χ3n) is 1.72. The van der Waals surface area contributed by atoms with Crippen molar-refractivity contribution < 1.29 is 10.2 Å². The fourth-order valence-corrected chi connectivity index (χ4v) is 0.964.